The molecule has 0 spiro atoms. The summed E-state index contributed by atoms with van der Waals surface area (Å²) in [5.74, 6) is -0.294. The Morgan fingerprint density at radius 1 is 1.55 bits per heavy atom. The minimum atomic E-state index is -0.529. The molecular weight excluding hydrogens is 366 g/mol. The molecule has 1 unspecified atom stereocenters. The molecule has 2 amide bonds. The topological polar surface area (TPSA) is 75.4 Å². The molecular formula is C12H17BrClN3O2S. The molecule has 1 saturated heterocycles. The summed E-state index contributed by atoms with van der Waals surface area (Å²) in [6.07, 6.45) is 0.824. The zero-order valence-electron chi connectivity index (χ0n) is 11.0. The van der Waals surface area contributed by atoms with Gasteiger partial charge in [-0.3, -0.25) is 9.59 Å². The summed E-state index contributed by atoms with van der Waals surface area (Å²) in [6.45, 7) is 2.95. The van der Waals surface area contributed by atoms with Crippen LogP contribution in [0.5, 0.6) is 0 Å². The molecule has 0 radical (unpaired) electrons. The van der Waals surface area contributed by atoms with Gasteiger partial charge in [-0.1, -0.05) is 0 Å². The minimum absolute atomic E-state index is 0. The molecule has 1 fully saturated rings. The number of nitrogens with zero attached hydrogens (tertiary/aromatic N) is 1. The van der Waals surface area contributed by atoms with E-state index in [1.165, 1.54) is 11.3 Å². The lowest BCUT2D eigenvalue weighted by Gasteiger charge is -2.21. The molecule has 2 atom stereocenters. The lowest BCUT2D eigenvalue weighted by Crippen LogP contribution is -2.46. The fourth-order valence-corrected chi connectivity index (χ4v) is 3.32. The predicted octanol–water partition coefficient (Wildman–Crippen LogP) is 1.61. The third-order valence-corrected chi connectivity index (χ3v) is 4.67. The highest BCUT2D eigenvalue weighted by Crippen LogP contribution is 2.22. The first-order valence-electron chi connectivity index (χ1n) is 6.08. The van der Waals surface area contributed by atoms with E-state index in [0.717, 1.165) is 10.2 Å². The Morgan fingerprint density at radius 2 is 2.25 bits per heavy atom. The highest BCUT2D eigenvalue weighted by Gasteiger charge is 2.28. The molecule has 1 aromatic rings. The van der Waals surface area contributed by atoms with Gasteiger partial charge in [-0.2, -0.15) is 0 Å². The van der Waals surface area contributed by atoms with Crippen LogP contribution >= 0.6 is 39.7 Å². The second kappa shape index (κ2) is 7.40. The Kier molecular flexibility index (Phi) is 6.44. The van der Waals surface area contributed by atoms with Gasteiger partial charge in [0.1, 0.15) is 6.04 Å². The van der Waals surface area contributed by atoms with E-state index in [-0.39, 0.29) is 30.3 Å². The molecule has 1 aromatic heterocycles. The van der Waals surface area contributed by atoms with Gasteiger partial charge in [-0.05, 0) is 41.4 Å². The Hall–Kier alpha value is -0.630. The maximum absolute atomic E-state index is 12.1. The number of halogens is 2. The lowest BCUT2D eigenvalue weighted by atomic mass is 10.2. The smallest absolute Gasteiger partial charge is 0.262 e. The van der Waals surface area contributed by atoms with Gasteiger partial charge in [0.25, 0.3) is 5.91 Å². The van der Waals surface area contributed by atoms with Crippen molar-refractivity contribution >= 4 is 51.5 Å². The molecule has 2 heterocycles. The van der Waals surface area contributed by atoms with Crippen LogP contribution in [-0.4, -0.2) is 41.9 Å². The summed E-state index contributed by atoms with van der Waals surface area (Å²) >= 11 is 4.65. The molecule has 5 nitrogen and oxygen atoms in total. The highest BCUT2D eigenvalue weighted by molar-refractivity contribution is 9.11. The molecule has 3 N–H and O–H groups in total. The van der Waals surface area contributed by atoms with Gasteiger partial charge in [0.15, 0.2) is 0 Å². The number of carbonyl (C=O) groups excluding carboxylic acids is 2. The van der Waals surface area contributed by atoms with Crippen LogP contribution in [0.25, 0.3) is 0 Å². The van der Waals surface area contributed by atoms with E-state index in [4.69, 9.17) is 5.73 Å². The molecule has 1 aliphatic rings. The Balaban J connectivity index is 0.00000200. The van der Waals surface area contributed by atoms with Gasteiger partial charge < -0.3 is 16.0 Å². The van der Waals surface area contributed by atoms with Crippen LogP contribution in [0, 0.1) is 0 Å². The Bertz CT molecular complexity index is 497. The van der Waals surface area contributed by atoms with Crippen molar-refractivity contribution in [2.45, 2.75) is 25.4 Å². The summed E-state index contributed by atoms with van der Waals surface area (Å²) in [6, 6.07) is 3.07. The monoisotopic (exact) mass is 381 g/mol. The number of hydrogen-bond acceptors (Lipinski definition) is 4. The number of thiophene rings is 1. The minimum Gasteiger partial charge on any atom is -0.340 e. The quantitative estimate of drug-likeness (QED) is 0.834. The van der Waals surface area contributed by atoms with E-state index in [1.807, 2.05) is 6.07 Å². The van der Waals surface area contributed by atoms with Gasteiger partial charge >= 0.3 is 0 Å². The van der Waals surface area contributed by atoms with Crippen molar-refractivity contribution in [3.05, 3.63) is 20.8 Å². The van der Waals surface area contributed by atoms with Crippen molar-refractivity contribution in [1.82, 2.24) is 10.2 Å². The predicted molar refractivity (Wildman–Crippen MR) is 85.4 cm³/mol. The zero-order valence-corrected chi connectivity index (χ0v) is 14.2. The third-order valence-electron chi connectivity index (χ3n) is 3.05. The summed E-state index contributed by atoms with van der Waals surface area (Å²) in [5, 5.41) is 2.72. The van der Waals surface area contributed by atoms with E-state index in [1.54, 1.807) is 17.9 Å². The van der Waals surface area contributed by atoms with Gasteiger partial charge in [0.05, 0.1) is 8.66 Å². The number of likely N-dealkylation sites (tertiary alicyclic amines) is 1. The van der Waals surface area contributed by atoms with E-state index in [0.29, 0.717) is 18.0 Å². The molecule has 0 aromatic carbocycles. The zero-order chi connectivity index (χ0) is 14.0. The number of hydrogen-bond donors (Lipinski definition) is 2. The maximum atomic E-state index is 12.1. The molecule has 1 aliphatic heterocycles. The van der Waals surface area contributed by atoms with Crippen molar-refractivity contribution in [3.63, 3.8) is 0 Å². The molecule has 2 rings (SSSR count). The average Bonchev–Trinajstić information content (AvgIpc) is 2.97. The third kappa shape index (κ3) is 4.18. The summed E-state index contributed by atoms with van der Waals surface area (Å²) < 4.78 is 0.891. The van der Waals surface area contributed by atoms with Crippen LogP contribution in [0.4, 0.5) is 0 Å². The standard InChI is InChI=1S/C12H16BrN3O2S.ClH/c1-7(12(18)16-5-4-8(14)6-16)15-11(17)9-2-3-10(13)19-9;/h2-3,7-8H,4-6,14H2,1H3,(H,15,17);1H/t7?,8-;/m1./s1. The van der Waals surface area contributed by atoms with Crippen molar-refractivity contribution in [2.24, 2.45) is 5.73 Å². The first-order chi connectivity index (χ1) is 8.97. The number of nitrogens with two attached hydrogens (primary N) is 1. The van der Waals surface area contributed by atoms with Crippen LogP contribution in [0.2, 0.25) is 0 Å². The fraction of sp³-hybridized carbons (Fsp3) is 0.500. The summed E-state index contributed by atoms with van der Waals surface area (Å²) in [7, 11) is 0. The molecule has 20 heavy (non-hydrogen) atoms. The van der Waals surface area contributed by atoms with Gasteiger partial charge in [-0.25, -0.2) is 0 Å². The second-order valence-electron chi connectivity index (χ2n) is 4.63. The second-order valence-corrected chi connectivity index (χ2v) is 7.09. The highest BCUT2D eigenvalue weighted by atomic mass is 79.9. The lowest BCUT2D eigenvalue weighted by molar-refractivity contribution is -0.131. The largest absolute Gasteiger partial charge is 0.340 e. The van der Waals surface area contributed by atoms with Crippen molar-refractivity contribution in [2.75, 3.05) is 13.1 Å². The number of rotatable bonds is 3. The van der Waals surface area contributed by atoms with E-state index in [9.17, 15) is 9.59 Å². The fourth-order valence-electron chi connectivity index (χ4n) is 2.03. The summed E-state index contributed by atoms with van der Waals surface area (Å²) in [5.41, 5.74) is 5.77. The molecule has 112 valence electrons. The van der Waals surface area contributed by atoms with Crippen LogP contribution in [0.15, 0.2) is 15.9 Å². The normalized spacial score (nSPS) is 19.4. The van der Waals surface area contributed by atoms with Crippen LogP contribution in [0.1, 0.15) is 23.0 Å². The van der Waals surface area contributed by atoms with Crippen LogP contribution in [-0.2, 0) is 4.79 Å². The van der Waals surface area contributed by atoms with E-state index < -0.39 is 6.04 Å². The molecule has 0 bridgehead atoms. The first-order valence-corrected chi connectivity index (χ1v) is 7.69. The van der Waals surface area contributed by atoms with Crippen LogP contribution < -0.4 is 11.1 Å². The SMILES string of the molecule is CC(NC(=O)c1ccc(Br)s1)C(=O)N1CC[C@@H](N)C1.Cl. The number of amides is 2. The molecule has 0 aliphatic carbocycles. The van der Waals surface area contributed by atoms with Gasteiger partial charge in [0.2, 0.25) is 5.91 Å². The van der Waals surface area contributed by atoms with Crippen LogP contribution in [0.3, 0.4) is 0 Å². The number of nitrogens with one attached hydrogen (secondary N) is 1. The first kappa shape index (κ1) is 17.4. The van der Waals surface area contributed by atoms with Crippen molar-refractivity contribution < 1.29 is 9.59 Å². The average molecular weight is 383 g/mol. The maximum Gasteiger partial charge on any atom is 0.262 e. The van der Waals surface area contributed by atoms with Gasteiger partial charge in [0, 0.05) is 19.1 Å². The van der Waals surface area contributed by atoms with E-state index >= 15 is 0 Å². The summed E-state index contributed by atoms with van der Waals surface area (Å²) in [4.78, 5) is 26.3. The number of carbonyl (C=O) groups is 2. The van der Waals surface area contributed by atoms with E-state index in [2.05, 4.69) is 21.2 Å². The Morgan fingerprint density at radius 3 is 2.75 bits per heavy atom. The van der Waals surface area contributed by atoms with Crippen molar-refractivity contribution in [3.8, 4) is 0 Å². The van der Waals surface area contributed by atoms with Crippen molar-refractivity contribution in [1.29, 1.82) is 0 Å². The van der Waals surface area contributed by atoms with Gasteiger partial charge in [-0.15, -0.1) is 23.7 Å². The molecule has 0 saturated carbocycles. The Labute approximate surface area is 136 Å². The molecule has 8 heteroatoms.